The van der Waals surface area contributed by atoms with Gasteiger partial charge < -0.3 is 10.0 Å². The van der Waals surface area contributed by atoms with Crippen LogP contribution in [0.1, 0.15) is 29.2 Å². The van der Waals surface area contributed by atoms with E-state index in [1.807, 2.05) is 24.3 Å². The van der Waals surface area contributed by atoms with E-state index in [0.29, 0.717) is 0 Å². The Morgan fingerprint density at radius 1 is 1.14 bits per heavy atom. The van der Waals surface area contributed by atoms with Crippen LogP contribution in [0.3, 0.4) is 0 Å². The van der Waals surface area contributed by atoms with E-state index in [-0.39, 0.29) is 0 Å². The van der Waals surface area contributed by atoms with Crippen molar-refractivity contribution in [1.29, 1.82) is 0 Å². The highest BCUT2D eigenvalue weighted by molar-refractivity contribution is 9.10. The highest BCUT2D eigenvalue weighted by atomic mass is 79.9. The van der Waals surface area contributed by atoms with Gasteiger partial charge >= 0.3 is 0 Å². The van der Waals surface area contributed by atoms with Crippen LogP contribution in [-0.2, 0) is 6.54 Å². The Balaban J connectivity index is 1.86. The first-order valence-corrected chi connectivity index (χ1v) is 8.02. The maximum Gasteiger partial charge on any atom is 0.0802 e. The lowest BCUT2D eigenvalue weighted by Gasteiger charge is -2.20. The van der Waals surface area contributed by atoms with Crippen LogP contribution in [0.4, 0.5) is 0 Å². The van der Waals surface area contributed by atoms with Crippen LogP contribution >= 0.6 is 15.9 Å². The van der Waals surface area contributed by atoms with Gasteiger partial charge in [-0.3, -0.25) is 0 Å². The number of aliphatic hydroxyl groups excluding tert-OH is 1. The fraction of sp³-hybridized carbons (Fsp3) is 0.333. The molecule has 21 heavy (non-hydrogen) atoms. The number of hydrogen-bond donors (Lipinski definition) is 1. The lowest BCUT2D eigenvalue weighted by molar-refractivity contribution is 0.147. The van der Waals surface area contributed by atoms with Gasteiger partial charge in [0.15, 0.2) is 0 Å². The zero-order valence-electron chi connectivity index (χ0n) is 12.6. The molecule has 2 aromatic carbocycles. The first kappa shape index (κ1) is 16.2. The van der Waals surface area contributed by atoms with Crippen molar-refractivity contribution in [2.24, 2.45) is 0 Å². The zero-order valence-corrected chi connectivity index (χ0v) is 14.2. The number of rotatable bonds is 6. The van der Waals surface area contributed by atoms with Crippen LogP contribution in [0.15, 0.2) is 53.0 Å². The molecule has 0 aromatic heterocycles. The van der Waals surface area contributed by atoms with Crippen LogP contribution in [0.2, 0.25) is 0 Å². The Hall–Kier alpha value is -1.16. The fourth-order valence-corrected chi connectivity index (χ4v) is 2.80. The minimum Gasteiger partial charge on any atom is -0.388 e. The number of halogens is 1. The summed E-state index contributed by atoms with van der Waals surface area (Å²) >= 11 is 3.44. The molecule has 1 atom stereocenters. The van der Waals surface area contributed by atoms with Crippen molar-refractivity contribution in [2.45, 2.75) is 26.0 Å². The Morgan fingerprint density at radius 2 is 1.90 bits per heavy atom. The molecule has 0 saturated carbocycles. The second kappa shape index (κ2) is 7.74. The minimum atomic E-state index is -0.415. The number of benzene rings is 2. The summed E-state index contributed by atoms with van der Waals surface area (Å²) in [5.74, 6) is 0. The van der Waals surface area contributed by atoms with Crippen LogP contribution in [0.5, 0.6) is 0 Å². The number of nitrogens with zero attached hydrogens (tertiary/aromatic N) is 1. The standard InChI is InChI=1S/C18H22BrNO/c1-14-6-3-4-7-16(14)13-20(2)11-10-18(21)15-8-5-9-17(19)12-15/h3-9,12,18,21H,10-11,13H2,1-2H3. The monoisotopic (exact) mass is 347 g/mol. The van der Waals surface area contributed by atoms with Gasteiger partial charge in [-0.1, -0.05) is 52.3 Å². The molecule has 0 aliphatic carbocycles. The van der Waals surface area contributed by atoms with E-state index in [1.165, 1.54) is 11.1 Å². The van der Waals surface area contributed by atoms with Gasteiger partial charge in [0, 0.05) is 17.6 Å². The third-order valence-corrected chi connectivity index (χ3v) is 4.21. The second-order valence-electron chi connectivity index (χ2n) is 5.52. The first-order valence-electron chi connectivity index (χ1n) is 7.23. The maximum atomic E-state index is 10.3. The second-order valence-corrected chi connectivity index (χ2v) is 6.44. The molecule has 2 aromatic rings. The molecule has 0 aliphatic rings. The molecule has 1 N–H and O–H groups in total. The van der Waals surface area contributed by atoms with Gasteiger partial charge in [0.25, 0.3) is 0 Å². The maximum absolute atomic E-state index is 10.3. The van der Waals surface area contributed by atoms with E-state index in [4.69, 9.17) is 0 Å². The van der Waals surface area contributed by atoms with Crippen LogP contribution < -0.4 is 0 Å². The van der Waals surface area contributed by atoms with E-state index in [0.717, 1.165) is 29.5 Å². The molecule has 112 valence electrons. The molecular weight excluding hydrogens is 326 g/mol. The van der Waals surface area contributed by atoms with E-state index >= 15 is 0 Å². The quantitative estimate of drug-likeness (QED) is 0.841. The predicted molar refractivity (Wildman–Crippen MR) is 91.2 cm³/mol. The van der Waals surface area contributed by atoms with Gasteiger partial charge in [0.1, 0.15) is 0 Å². The van der Waals surface area contributed by atoms with Gasteiger partial charge in [-0.25, -0.2) is 0 Å². The van der Waals surface area contributed by atoms with Gasteiger partial charge in [0.2, 0.25) is 0 Å². The highest BCUT2D eigenvalue weighted by Gasteiger charge is 2.10. The Bertz CT molecular complexity index is 585. The number of hydrogen-bond acceptors (Lipinski definition) is 2. The third kappa shape index (κ3) is 4.95. The van der Waals surface area contributed by atoms with Gasteiger partial charge in [0.05, 0.1) is 6.10 Å². The summed E-state index contributed by atoms with van der Waals surface area (Å²) in [5, 5.41) is 10.3. The largest absolute Gasteiger partial charge is 0.388 e. The molecule has 0 heterocycles. The van der Waals surface area contributed by atoms with Crippen molar-refractivity contribution < 1.29 is 5.11 Å². The van der Waals surface area contributed by atoms with Crippen molar-refractivity contribution in [3.63, 3.8) is 0 Å². The van der Waals surface area contributed by atoms with E-state index < -0.39 is 6.10 Å². The lowest BCUT2D eigenvalue weighted by atomic mass is 10.1. The topological polar surface area (TPSA) is 23.5 Å². The highest BCUT2D eigenvalue weighted by Crippen LogP contribution is 2.21. The predicted octanol–water partition coefficient (Wildman–Crippen LogP) is 4.31. The lowest BCUT2D eigenvalue weighted by Crippen LogP contribution is -2.21. The molecule has 0 radical (unpaired) electrons. The Morgan fingerprint density at radius 3 is 2.62 bits per heavy atom. The van der Waals surface area contributed by atoms with Crippen molar-refractivity contribution in [2.75, 3.05) is 13.6 Å². The Labute approximate surface area is 135 Å². The van der Waals surface area contributed by atoms with Crippen molar-refractivity contribution in [1.82, 2.24) is 4.90 Å². The van der Waals surface area contributed by atoms with E-state index in [2.05, 4.69) is 59.1 Å². The number of aliphatic hydroxyl groups is 1. The summed E-state index contributed by atoms with van der Waals surface area (Å²) in [7, 11) is 2.10. The summed E-state index contributed by atoms with van der Waals surface area (Å²) < 4.78 is 1.01. The molecule has 0 aliphatic heterocycles. The average molecular weight is 348 g/mol. The number of aryl methyl sites for hydroxylation is 1. The SMILES string of the molecule is Cc1ccccc1CN(C)CCC(O)c1cccc(Br)c1. The zero-order chi connectivity index (χ0) is 15.2. The average Bonchev–Trinajstić information content (AvgIpc) is 2.47. The third-order valence-electron chi connectivity index (χ3n) is 3.72. The van der Waals surface area contributed by atoms with E-state index in [9.17, 15) is 5.11 Å². The molecule has 2 nitrogen and oxygen atoms in total. The van der Waals surface area contributed by atoms with Crippen molar-refractivity contribution >= 4 is 15.9 Å². The summed E-state index contributed by atoms with van der Waals surface area (Å²) in [6.07, 6.45) is 0.320. The van der Waals surface area contributed by atoms with Crippen LogP contribution in [0.25, 0.3) is 0 Å². The van der Waals surface area contributed by atoms with Gasteiger partial charge in [-0.15, -0.1) is 0 Å². The smallest absolute Gasteiger partial charge is 0.0802 e. The van der Waals surface area contributed by atoms with Gasteiger partial charge in [-0.05, 0) is 49.2 Å². The summed E-state index contributed by atoms with van der Waals surface area (Å²) in [6.45, 7) is 3.92. The Kier molecular flexibility index (Phi) is 5.97. The minimum absolute atomic E-state index is 0.415. The molecule has 0 amide bonds. The molecule has 0 spiro atoms. The molecule has 1 unspecified atom stereocenters. The summed E-state index contributed by atoms with van der Waals surface area (Å²) in [6, 6.07) is 16.3. The molecule has 0 saturated heterocycles. The van der Waals surface area contributed by atoms with Crippen LogP contribution in [-0.4, -0.2) is 23.6 Å². The summed E-state index contributed by atoms with van der Waals surface area (Å²) in [4.78, 5) is 2.25. The van der Waals surface area contributed by atoms with Crippen LogP contribution in [0, 0.1) is 6.92 Å². The normalized spacial score (nSPS) is 12.6. The molecule has 2 rings (SSSR count). The van der Waals surface area contributed by atoms with Gasteiger partial charge in [-0.2, -0.15) is 0 Å². The van der Waals surface area contributed by atoms with E-state index in [1.54, 1.807) is 0 Å². The molecule has 0 bridgehead atoms. The molecule has 0 fully saturated rings. The molecule has 3 heteroatoms. The first-order chi connectivity index (χ1) is 10.1. The van der Waals surface area contributed by atoms with Crippen molar-refractivity contribution in [3.05, 3.63) is 69.7 Å². The van der Waals surface area contributed by atoms with Crippen molar-refractivity contribution in [3.8, 4) is 0 Å². The fourth-order valence-electron chi connectivity index (χ4n) is 2.38. The summed E-state index contributed by atoms with van der Waals surface area (Å²) in [5.41, 5.74) is 3.63. The molecular formula is C18H22BrNO.